The van der Waals surface area contributed by atoms with Gasteiger partial charge in [0.15, 0.2) is 0 Å². The average molecular weight is 366 g/mol. The number of sulfonamides is 1. The van der Waals surface area contributed by atoms with Crippen LogP contribution in [0.3, 0.4) is 0 Å². The van der Waals surface area contributed by atoms with Crippen molar-refractivity contribution in [1.82, 2.24) is 4.72 Å². The van der Waals surface area contributed by atoms with Gasteiger partial charge in [0.05, 0.1) is 10.8 Å². The Balaban J connectivity index is 1.74. The fourth-order valence-electron chi connectivity index (χ4n) is 3.60. The Labute approximate surface area is 147 Å². The molecule has 2 aliphatic rings. The Bertz CT molecular complexity index is 797. The topological polar surface area (TPSA) is 104 Å². The number of amides is 1. The maximum absolute atomic E-state index is 12.7. The summed E-state index contributed by atoms with van der Waals surface area (Å²) in [5.74, 6) is -1.30. The van der Waals surface area contributed by atoms with Gasteiger partial charge in [-0.05, 0) is 49.8 Å². The number of rotatable bonds is 4. The van der Waals surface area contributed by atoms with Gasteiger partial charge in [-0.15, -0.1) is 0 Å². The molecule has 0 aromatic heterocycles. The van der Waals surface area contributed by atoms with Crippen molar-refractivity contribution in [3.8, 4) is 0 Å². The van der Waals surface area contributed by atoms with E-state index in [1.165, 1.54) is 6.92 Å². The number of benzene rings is 1. The molecule has 1 amide bonds. The van der Waals surface area contributed by atoms with Gasteiger partial charge in [0.1, 0.15) is 0 Å². The van der Waals surface area contributed by atoms with Crippen molar-refractivity contribution in [1.29, 1.82) is 0 Å². The summed E-state index contributed by atoms with van der Waals surface area (Å²) in [6, 6.07) is 4.62. The van der Waals surface area contributed by atoms with Crippen LogP contribution in [0.2, 0.25) is 0 Å². The van der Waals surface area contributed by atoms with E-state index in [-0.39, 0.29) is 22.8 Å². The first-order chi connectivity index (χ1) is 11.8. The first-order valence-electron chi connectivity index (χ1n) is 8.44. The van der Waals surface area contributed by atoms with E-state index in [9.17, 15) is 18.0 Å². The van der Waals surface area contributed by atoms with Crippen LogP contribution in [0.25, 0.3) is 0 Å². The lowest BCUT2D eigenvalue weighted by Crippen LogP contribution is -2.38. The van der Waals surface area contributed by atoms with Crippen LogP contribution in [-0.2, 0) is 26.0 Å². The number of carbonyl (C=O) groups is 2. The highest BCUT2D eigenvalue weighted by Crippen LogP contribution is 2.31. The molecule has 7 nitrogen and oxygen atoms in total. The first-order valence-corrected chi connectivity index (χ1v) is 9.92. The Morgan fingerprint density at radius 3 is 2.48 bits per heavy atom. The largest absolute Gasteiger partial charge is 0.481 e. The second-order valence-electron chi connectivity index (χ2n) is 6.72. The lowest BCUT2D eigenvalue weighted by atomic mass is 9.87. The van der Waals surface area contributed by atoms with E-state index in [0.717, 1.165) is 12.0 Å². The molecule has 0 radical (unpaired) electrons. The minimum absolute atomic E-state index is 0.103. The summed E-state index contributed by atoms with van der Waals surface area (Å²) in [5.41, 5.74) is 1.63. The summed E-state index contributed by atoms with van der Waals surface area (Å²) in [5, 5.41) is 9.02. The number of carboxylic acid groups (broad SMARTS) is 1. The monoisotopic (exact) mass is 366 g/mol. The number of anilines is 1. The molecule has 0 atom stereocenters. The first kappa shape index (κ1) is 17.9. The van der Waals surface area contributed by atoms with Gasteiger partial charge in [0, 0.05) is 25.2 Å². The Morgan fingerprint density at radius 2 is 1.88 bits per heavy atom. The van der Waals surface area contributed by atoms with Gasteiger partial charge in [-0.2, -0.15) is 0 Å². The zero-order chi connectivity index (χ0) is 18.2. The highest BCUT2D eigenvalue weighted by molar-refractivity contribution is 7.89. The standard InChI is InChI=1S/C17H22N2O5S/c1-11(20)19-9-8-12-4-7-15(10-16(12)19)25(23,24)18-14-5-2-13(3-6-14)17(21)22/h4,7,10,13-14,18H,2-3,5-6,8-9H2,1H3,(H,21,22). The second-order valence-corrected chi connectivity index (χ2v) is 8.43. The molecule has 0 unspecified atom stereocenters. The van der Waals surface area contributed by atoms with Gasteiger partial charge in [-0.3, -0.25) is 9.59 Å². The molecular weight excluding hydrogens is 344 g/mol. The third-order valence-corrected chi connectivity index (χ3v) is 6.56. The number of hydrogen-bond acceptors (Lipinski definition) is 4. The molecule has 1 fully saturated rings. The van der Waals surface area contributed by atoms with Crippen LogP contribution >= 0.6 is 0 Å². The molecule has 25 heavy (non-hydrogen) atoms. The van der Waals surface area contributed by atoms with Gasteiger partial charge in [0.2, 0.25) is 15.9 Å². The molecule has 1 heterocycles. The molecule has 1 aliphatic carbocycles. The fourth-order valence-corrected chi connectivity index (χ4v) is 4.92. The van der Waals surface area contributed by atoms with Crippen molar-refractivity contribution in [2.75, 3.05) is 11.4 Å². The van der Waals surface area contributed by atoms with E-state index in [1.807, 2.05) is 0 Å². The van der Waals surface area contributed by atoms with Crippen LogP contribution in [0, 0.1) is 5.92 Å². The Hall–Kier alpha value is -1.93. The van der Waals surface area contributed by atoms with Gasteiger partial charge < -0.3 is 10.0 Å². The van der Waals surface area contributed by atoms with E-state index in [0.29, 0.717) is 37.9 Å². The lowest BCUT2D eigenvalue weighted by Gasteiger charge is -2.26. The molecule has 1 aromatic carbocycles. The van der Waals surface area contributed by atoms with Crippen LogP contribution in [0.5, 0.6) is 0 Å². The number of carboxylic acids is 1. The predicted octanol–water partition coefficient (Wildman–Crippen LogP) is 1.52. The molecule has 0 bridgehead atoms. The van der Waals surface area contributed by atoms with Crippen LogP contribution in [0.15, 0.2) is 23.1 Å². The van der Waals surface area contributed by atoms with Gasteiger partial charge >= 0.3 is 5.97 Å². The minimum atomic E-state index is -3.70. The van der Waals surface area contributed by atoms with E-state index in [2.05, 4.69) is 4.72 Å². The van der Waals surface area contributed by atoms with Crippen molar-refractivity contribution in [2.24, 2.45) is 5.92 Å². The maximum atomic E-state index is 12.7. The molecular formula is C17H22N2O5S. The highest BCUT2D eigenvalue weighted by Gasteiger charge is 2.30. The molecule has 1 aromatic rings. The van der Waals surface area contributed by atoms with E-state index in [4.69, 9.17) is 5.11 Å². The third kappa shape index (κ3) is 3.69. The van der Waals surface area contributed by atoms with E-state index < -0.39 is 16.0 Å². The van der Waals surface area contributed by atoms with E-state index in [1.54, 1.807) is 23.1 Å². The minimum Gasteiger partial charge on any atom is -0.481 e. The zero-order valence-electron chi connectivity index (χ0n) is 14.1. The van der Waals surface area contributed by atoms with Crippen LogP contribution in [-0.4, -0.2) is 38.0 Å². The molecule has 8 heteroatoms. The Kier molecular flexibility index (Phi) is 4.83. The van der Waals surface area contributed by atoms with Crippen LogP contribution in [0.4, 0.5) is 5.69 Å². The zero-order valence-corrected chi connectivity index (χ0v) is 14.9. The fraction of sp³-hybridized carbons (Fsp3) is 0.529. The summed E-state index contributed by atoms with van der Waals surface area (Å²) in [6.07, 6.45) is 2.71. The molecule has 2 N–H and O–H groups in total. The number of nitrogens with one attached hydrogen (secondary N) is 1. The molecule has 0 spiro atoms. The SMILES string of the molecule is CC(=O)N1CCc2ccc(S(=O)(=O)NC3CCC(C(=O)O)CC3)cc21. The molecule has 136 valence electrons. The van der Waals surface area contributed by atoms with Gasteiger partial charge in [-0.25, -0.2) is 13.1 Å². The predicted molar refractivity (Wildman–Crippen MR) is 91.9 cm³/mol. The van der Waals surface area contributed by atoms with Crippen molar-refractivity contribution in [3.63, 3.8) is 0 Å². The summed E-state index contributed by atoms with van der Waals surface area (Å²) >= 11 is 0. The quantitative estimate of drug-likeness (QED) is 0.841. The highest BCUT2D eigenvalue weighted by atomic mass is 32.2. The summed E-state index contributed by atoms with van der Waals surface area (Å²) in [4.78, 5) is 24.4. The van der Waals surface area contributed by atoms with Gasteiger partial charge in [0.25, 0.3) is 0 Å². The second kappa shape index (κ2) is 6.76. The number of aliphatic carboxylic acids is 1. The van der Waals surface area contributed by atoms with Crippen LogP contribution in [0.1, 0.15) is 38.2 Å². The normalized spacial score (nSPS) is 23.3. The average Bonchev–Trinajstić information content (AvgIpc) is 2.98. The number of hydrogen-bond donors (Lipinski definition) is 2. The van der Waals surface area contributed by atoms with Crippen molar-refractivity contribution < 1.29 is 23.1 Å². The van der Waals surface area contributed by atoms with Gasteiger partial charge in [-0.1, -0.05) is 6.07 Å². The van der Waals surface area contributed by atoms with Crippen molar-refractivity contribution in [3.05, 3.63) is 23.8 Å². The molecule has 1 aliphatic heterocycles. The van der Waals surface area contributed by atoms with Crippen molar-refractivity contribution >= 4 is 27.6 Å². The summed E-state index contributed by atoms with van der Waals surface area (Å²) < 4.78 is 28.0. The lowest BCUT2D eigenvalue weighted by molar-refractivity contribution is -0.142. The van der Waals surface area contributed by atoms with Crippen molar-refractivity contribution in [2.45, 2.75) is 50.0 Å². The van der Waals surface area contributed by atoms with Crippen LogP contribution < -0.4 is 9.62 Å². The van der Waals surface area contributed by atoms with E-state index >= 15 is 0 Å². The number of fused-ring (bicyclic) bond motifs is 1. The third-order valence-electron chi connectivity index (χ3n) is 5.04. The summed E-state index contributed by atoms with van der Waals surface area (Å²) in [6.45, 7) is 2.04. The maximum Gasteiger partial charge on any atom is 0.306 e. The number of nitrogens with zero attached hydrogens (tertiary/aromatic N) is 1. The molecule has 0 saturated heterocycles. The number of carbonyl (C=O) groups excluding carboxylic acids is 1. The smallest absolute Gasteiger partial charge is 0.306 e. The Morgan fingerprint density at radius 1 is 1.20 bits per heavy atom. The summed E-state index contributed by atoms with van der Waals surface area (Å²) in [7, 11) is -3.70. The molecule has 1 saturated carbocycles. The molecule has 3 rings (SSSR count).